The lowest BCUT2D eigenvalue weighted by Gasteiger charge is -2.50. The summed E-state index contributed by atoms with van der Waals surface area (Å²) >= 11 is 4.24. The lowest BCUT2D eigenvalue weighted by molar-refractivity contribution is -0.153. The van der Waals surface area contributed by atoms with E-state index in [1.165, 1.54) is 11.2 Å². The minimum Gasteiger partial charge on any atom is -0.508 e. The molecule has 1 unspecified atom stereocenters. The number of hydrogen-bond donors (Lipinski definition) is 6. The van der Waals surface area contributed by atoms with Gasteiger partial charge in [-0.1, -0.05) is 12.8 Å². The van der Waals surface area contributed by atoms with Crippen molar-refractivity contribution < 1.29 is 39.2 Å². The second kappa shape index (κ2) is 12.7. The van der Waals surface area contributed by atoms with Crippen molar-refractivity contribution >= 4 is 60.5 Å². The molecular formula is C31H35I2N3O8. The number of Topliss-reactive ketones (excluding diaryl/α,β-unsaturated/α-hetero) is 2. The molecule has 4 atom stereocenters. The molecule has 13 heteroatoms. The zero-order chi connectivity index (χ0) is 32.1. The van der Waals surface area contributed by atoms with Gasteiger partial charge in [0.25, 0.3) is 5.91 Å². The number of carbonyl (C=O) groups is 3. The van der Waals surface area contributed by atoms with Gasteiger partial charge < -0.3 is 35.9 Å². The monoisotopic (exact) mass is 831 g/mol. The Labute approximate surface area is 277 Å². The van der Waals surface area contributed by atoms with Gasteiger partial charge in [0.1, 0.15) is 22.8 Å². The van der Waals surface area contributed by atoms with E-state index in [0.29, 0.717) is 23.7 Å². The molecule has 0 saturated heterocycles. The standard InChI is InChI=1S/C31H35N3O8.I2/c1-34(2)24-20-11-15-9-19-18(14-7-8-42-13-14)10-16(12-33-17-5-3-4-6-17)25(35)22(19)26(36)21(15)28(38)31(20,41)29(39)23(27(24)37)30(32)40;1-2/h7-8,10,13,15,17,20,24,33,35-36,39,41H,3-6,9,11-12H2,1-2H3,(H2,32,40);/t15-,20-,24?,31-;/m0./s1. The summed E-state index contributed by atoms with van der Waals surface area (Å²) < 4.78 is 5.35. The third-order valence-electron chi connectivity index (χ3n) is 9.57. The molecule has 2 aromatic rings. The highest BCUT2D eigenvalue weighted by Crippen LogP contribution is 2.54. The van der Waals surface area contributed by atoms with Gasteiger partial charge in [0.05, 0.1) is 24.1 Å². The van der Waals surface area contributed by atoms with Crippen LogP contribution < -0.4 is 11.1 Å². The number of rotatable bonds is 6. The molecule has 236 valence electrons. The van der Waals surface area contributed by atoms with E-state index < -0.39 is 58.0 Å². The molecule has 1 aromatic heterocycles. The number of phenols is 1. The number of fused-ring (bicyclic) bond motifs is 3. The van der Waals surface area contributed by atoms with Crippen molar-refractivity contribution in [1.29, 1.82) is 0 Å². The molecule has 4 aliphatic carbocycles. The van der Waals surface area contributed by atoms with Crippen LogP contribution in [0.3, 0.4) is 0 Å². The summed E-state index contributed by atoms with van der Waals surface area (Å²) in [7, 11) is 3.15. The Morgan fingerprint density at radius 2 is 1.86 bits per heavy atom. The molecule has 0 radical (unpaired) electrons. The summed E-state index contributed by atoms with van der Waals surface area (Å²) in [4.78, 5) is 41.1. The Balaban J connectivity index is 0.00000188. The molecule has 0 aliphatic heterocycles. The van der Waals surface area contributed by atoms with Gasteiger partial charge in [-0.15, -0.1) is 0 Å². The Morgan fingerprint density at radius 1 is 1.18 bits per heavy atom. The zero-order valence-electron chi connectivity index (χ0n) is 24.3. The predicted molar refractivity (Wildman–Crippen MR) is 179 cm³/mol. The van der Waals surface area contributed by atoms with E-state index in [4.69, 9.17) is 10.2 Å². The first kappa shape index (κ1) is 32.9. The lowest BCUT2D eigenvalue weighted by atomic mass is 9.57. The number of ketones is 2. The van der Waals surface area contributed by atoms with Crippen LogP contribution in [0.4, 0.5) is 0 Å². The number of aromatic hydroxyl groups is 1. The van der Waals surface area contributed by atoms with Crippen LogP contribution in [0.15, 0.2) is 46.0 Å². The number of aliphatic hydroxyl groups excluding tert-OH is 2. The van der Waals surface area contributed by atoms with Gasteiger partial charge in [0, 0.05) is 72.4 Å². The van der Waals surface area contributed by atoms with Crippen LogP contribution in [0.25, 0.3) is 16.9 Å². The van der Waals surface area contributed by atoms with Gasteiger partial charge in [-0.2, -0.15) is 0 Å². The Morgan fingerprint density at radius 3 is 2.45 bits per heavy atom. The first-order chi connectivity index (χ1) is 21.0. The van der Waals surface area contributed by atoms with E-state index in [9.17, 15) is 34.8 Å². The number of aliphatic hydroxyl groups is 3. The predicted octanol–water partition coefficient (Wildman–Crippen LogP) is 4.03. The summed E-state index contributed by atoms with van der Waals surface area (Å²) in [5.74, 6) is -6.64. The quantitative estimate of drug-likeness (QED) is 0.184. The van der Waals surface area contributed by atoms with Gasteiger partial charge in [-0.25, -0.2) is 0 Å². The number of carbonyl (C=O) groups excluding carboxylic acids is 3. The van der Waals surface area contributed by atoms with Crippen molar-refractivity contribution in [2.24, 2.45) is 17.6 Å². The number of furan rings is 1. The molecule has 4 aliphatic rings. The van der Waals surface area contributed by atoms with Crippen LogP contribution in [-0.4, -0.2) is 74.6 Å². The van der Waals surface area contributed by atoms with Gasteiger partial charge in [0.15, 0.2) is 11.4 Å². The third kappa shape index (κ3) is 5.17. The van der Waals surface area contributed by atoms with E-state index in [1.54, 1.807) is 26.4 Å². The molecule has 1 aromatic carbocycles. The SMILES string of the molecule is CN(C)C1C(=O)C(C(N)=O)=C(O)[C@@]2(O)C(=O)C3=C(O)c4c(O)c(CNC5CCCC5)cc(-c5ccoc5)c4C[C@H]3C[C@@H]12.II. The highest BCUT2D eigenvalue weighted by atomic mass is 128. The summed E-state index contributed by atoms with van der Waals surface area (Å²) in [6.45, 7) is 0.332. The largest absolute Gasteiger partial charge is 0.508 e. The number of nitrogens with one attached hydrogen (secondary N) is 1. The van der Waals surface area contributed by atoms with Crippen LogP contribution in [0.1, 0.15) is 48.8 Å². The maximum atomic E-state index is 14.1. The smallest absolute Gasteiger partial charge is 0.255 e. The molecule has 6 rings (SSSR count). The Kier molecular flexibility index (Phi) is 9.52. The molecular weight excluding hydrogens is 796 g/mol. The first-order valence-electron chi connectivity index (χ1n) is 14.4. The average molecular weight is 831 g/mol. The maximum Gasteiger partial charge on any atom is 0.255 e. The maximum absolute atomic E-state index is 14.1. The number of phenolic OH excluding ortho intramolecular Hbond substituents is 1. The molecule has 2 saturated carbocycles. The van der Waals surface area contributed by atoms with Gasteiger partial charge in [0.2, 0.25) is 5.78 Å². The zero-order valence-corrected chi connectivity index (χ0v) is 28.6. The number of benzene rings is 1. The molecule has 7 N–H and O–H groups in total. The molecule has 11 nitrogen and oxygen atoms in total. The molecule has 2 fully saturated rings. The average Bonchev–Trinajstić information content (AvgIpc) is 3.70. The van der Waals surface area contributed by atoms with Crippen molar-refractivity contribution in [2.45, 2.75) is 62.8 Å². The fourth-order valence-corrected chi connectivity index (χ4v) is 7.56. The molecule has 0 bridgehead atoms. The minimum absolute atomic E-state index is 0.0301. The summed E-state index contributed by atoms with van der Waals surface area (Å²) in [6.07, 6.45) is 7.67. The van der Waals surface area contributed by atoms with Crippen LogP contribution in [0, 0.1) is 11.8 Å². The van der Waals surface area contributed by atoms with Crippen molar-refractivity contribution in [3.8, 4) is 16.9 Å². The van der Waals surface area contributed by atoms with E-state index in [-0.39, 0.29) is 29.7 Å². The van der Waals surface area contributed by atoms with E-state index in [2.05, 4.69) is 42.5 Å². The van der Waals surface area contributed by atoms with Crippen LogP contribution >= 0.6 is 37.2 Å². The fourth-order valence-electron chi connectivity index (χ4n) is 7.56. The van der Waals surface area contributed by atoms with Gasteiger partial charge >= 0.3 is 0 Å². The molecule has 44 heavy (non-hydrogen) atoms. The Hall–Kier alpha value is -2.47. The highest BCUT2D eigenvalue weighted by molar-refractivity contribution is 15.0. The second-order valence-corrected chi connectivity index (χ2v) is 12.1. The van der Waals surface area contributed by atoms with Crippen molar-refractivity contribution in [2.75, 3.05) is 14.1 Å². The van der Waals surface area contributed by atoms with E-state index in [0.717, 1.165) is 36.8 Å². The van der Waals surface area contributed by atoms with Crippen molar-refractivity contribution in [3.05, 3.63) is 58.3 Å². The third-order valence-corrected chi connectivity index (χ3v) is 9.57. The number of hydrogen-bond acceptors (Lipinski definition) is 10. The fraction of sp³-hybridized carbons (Fsp3) is 0.452. The summed E-state index contributed by atoms with van der Waals surface area (Å²) in [5, 5.41) is 49.6. The van der Waals surface area contributed by atoms with E-state index in [1.807, 2.05) is 6.07 Å². The molecule has 0 spiro atoms. The summed E-state index contributed by atoms with van der Waals surface area (Å²) in [5.41, 5.74) is 4.39. The molecule has 1 amide bonds. The van der Waals surface area contributed by atoms with Crippen LogP contribution in [-0.2, 0) is 27.3 Å². The van der Waals surface area contributed by atoms with Crippen molar-refractivity contribution in [1.82, 2.24) is 10.2 Å². The topological polar surface area (TPSA) is 187 Å². The number of likely N-dealkylation sites (N-methyl/N-ethyl adjacent to an activating group) is 1. The Bertz CT molecular complexity index is 1560. The highest BCUT2D eigenvalue weighted by Gasteiger charge is 2.64. The first-order valence-corrected chi connectivity index (χ1v) is 20.7. The molecule has 1 heterocycles. The lowest BCUT2D eigenvalue weighted by Crippen LogP contribution is -2.65. The minimum atomic E-state index is -2.67. The number of nitrogens with two attached hydrogens (primary N) is 1. The normalized spacial score (nSPS) is 26.7. The van der Waals surface area contributed by atoms with E-state index >= 15 is 0 Å². The summed E-state index contributed by atoms with van der Waals surface area (Å²) in [6, 6.07) is 2.82. The number of halogens is 2. The number of primary amides is 1. The second-order valence-electron chi connectivity index (χ2n) is 12.1. The number of amides is 1. The number of nitrogens with zero attached hydrogens (tertiary/aromatic N) is 1. The van der Waals surface area contributed by atoms with Crippen LogP contribution in [0.5, 0.6) is 5.75 Å². The van der Waals surface area contributed by atoms with Crippen LogP contribution in [0.2, 0.25) is 0 Å². The van der Waals surface area contributed by atoms with Gasteiger partial charge in [-0.3, -0.25) is 19.3 Å². The van der Waals surface area contributed by atoms with Gasteiger partial charge in [-0.05, 0) is 69.0 Å². The van der Waals surface area contributed by atoms with Crippen molar-refractivity contribution in [3.63, 3.8) is 0 Å².